The molecule has 2 aromatic rings. The molecule has 0 aliphatic heterocycles. The largest absolute Gasteiger partial charge is 0.0763 e. The van der Waals surface area contributed by atoms with Gasteiger partial charge in [-0.05, 0) is 52.6 Å². The zero-order chi connectivity index (χ0) is 21.0. The number of rotatable bonds is 3. The maximum absolute atomic E-state index is 2.61. The summed E-state index contributed by atoms with van der Waals surface area (Å²) in [5.41, 5.74) is 11.7. The van der Waals surface area contributed by atoms with Crippen LogP contribution in [-0.4, -0.2) is 8.07 Å². The zero-order valence-electron chi connectivity index (χ0n) is 19.0. The highest BCUT2D eigenvalue weighted by atomic mass is 28.3. The fraction of sp³-hybridized carbons (Fsp3) is 0.357. The second-order valence-corrected chi connectivity index (χ2v) is 15.4. The number of allylic oxidation sites excluding steroid dienone is 5. The first kappa shape index (κ1) is 20.2. The predicted octanol–water partition coefficient (Wildman–Crippen LogP) is 8.40. The molecule has 0 saturated heterocycles. The fourth-order valence-corrected chi connectivity index (χ4v) is 10.1. The van der Waals surface area contributed by atoms with E-state index in [1.165, 1.54) is 22.3 Å². The van der Waals surface area contributed by atoms with Gasteiger partial charge in [0, 0.05) is 5.54 Å². The Kier molecular flexibility index (Phi) is 4.86. The number of benzene rings is 2. The Bertz CT molecular complexity index is 1030. The molecule has 4 rings (SSSR count). The standard InChI is InChI=1S/C28H34Si/c1-19-16-22(28(3,4)5)18-26(19)29(6,7)27-20(2)17-25-23(14-11-15-24(25)27)21-12-9-8-10-13-21/h8-18,26-27H,1-7H3. The smallest absolute Gasteiger partial charge is 0.0714 e. The molecular formula is C28H34Si. The summed E-state index contributed by atoms with van der Waals surface area (Å²) in [6, 6.07) is 17.8. The highest BCUT2D eigenvalue weighted by molar-refractivity contribution is 6.82. The van der Waals surface area contributed by atoms with Crippen LogP contribution in [0.3, 0.4) is 0 Å². The van der Waals surface area contributed by atoms with Crippen LogP contribution in [-0.2, 0) is 0 Å². The van der Waals surface area contributed by atoms with E-state index in [4.69, 9.17) is 0 Å². The van der Waals surface area contributed by atoms with Crippen LogP contribution in [0.1, 0.15) is 51.3 Å². The summed E-state index contributed by atoms with van der Waals surface area (Å²) >= 11 is 0. The summed E-state index contributed by atoms with van der Waals surface area (Å²) < 4.78 is 0. The van der Waals surface area contributed by atoms with E-state index in [-0.39, 0.29) is 5.41 Å². The Balaban J connectivity index is 1.78. The third-order valence-corrected chi connectivity index (χ3v) is 11.5. The van der Waals surface area contributed by atoms with Crippen molar-refractivity contribution in [3.63, 3.8) is 0 Å². The van der Waals surface area contributed by atoms with Gasteiger partial charge in [-0.2, -0.15) is 0 Å². The fourth-order valence-electron chi connectivity index (χ4n) is 5.55. The summed E-state index contributed by atoms with van der Waals surface area (Å²) in [4.78, 5) is 0. The van der Waals surface area contributed by atoms with Crippen molar-refractivity contribution < 1.29 is 0 Å². The molecule has 2 aliphatic rings. The first-order valence-electron chi connectivity index (χ1n) is 10.9. The maximum atomic E-state index is 2.61. The van der Waals surface area contributed by atoms with Crippen LogP contribution in [0.5, 0.6) is 0 Å². The van der Waals surface area contributed by atoms with Gasteiger partial charge in [0.25, 0.3) is 0 Å². The lowest BCUT2D eigenvalue weighted by Gasteiger charge is -2.37. The molecular weight excluding hydrogens is 364 g/mol. The van der Waals surface area contributed by atoms with Gasteiger partial charge in [-0.3, -0.25) is 0 Å². The monoisotopic (exact) mass is 398 g/mol. The first-order chi connectivity index (χ1) is 13.6. The minimum atomic E-state index is -1.67. The second kappa shape index (κ2) is 6.99. The quantitative estimate of drug-likeness (QED) is 0.455. The van der Waals surface area contributed by atoms with Gasteiger partial charge in [-0.25, -0.2) is 0 Å². The molecule has 0 radical (unpaired) electrons. The molecule has 0 bridgehead atoms. The van der Waals surface area contributed by atoms with E-state index >= 15 is 0 Å². The number of fused-ring (bicyclic) bond motifs is 1. The van der Waals surface area contributed by atoms with Crippen LogP contribution in [0.2, 0.25) is 18.6 Å². The summed E-state index contributed by atoms with van der Waals surface area (Å²) in [6.07, 6.45) is 7.54. The van der Waals surface area contributed by atoms with E-state index in [9.17, 15) is 0 Å². The Morgan fingerprint density at radius 2 is 1.48 bits per heavy atom. The molecule has 0 N–H and O–H groups in total. The summed E-state index contributed by atoms with van der Waals surface area (Å²) in [7, 11) is -1.67. The lowest BCUT2D eigenvalue weighted by molar-refractivity contribution is 0.517. The van der Waals surface area contributed by atoms with Crippen molar-refractivity contribution in [2.75, 3.05) is 0 Å². The molecule has 0 saturated carbocycles. The van der Waals surface area contributed by atoms with Gasteiger partial charge in [-0.1, -0.05) is 112 Å². The SMILES string of the molecule is CC1=CC(C(C)(C)C)=CC1[Si](C)(C)C1C(C)=Cc2c(-c3ccccc3)cccc21. The topological polar surface area (TPSA) is 0 Å². The summed E-state index contributed by atoms with van der Waals surface area (Å²) in [6.45, 7) is 16.9. The maximum Gasteiger partial charge on any atom is 0.0714 e. The van der Waals surface area contributed by atoms with Crippen LogP contribution in [0.15, 0.2) is 77.4 Å². The average Bonchev–Trinajstić information content (AvgIpc) is 3.22. The molecule has 29 heavy (non-hydrogen) atoms. The van der Waals surface area contributed by atoms with E-state index < -0.39 is 8.07 Å². The zero-order valence-corrected chi connectivity index (χ0v) is 20.0. The van der Waals surface area contributed by atoms with Crippen molar-refractivity contribution in [3.8, 4) is 11.1 Å². The van der Waals surface area contributed by atoms with E-state index in [0.717, 1.165) is 0 Å². The summed E-state index contributed by atoms with van der Waals surface area (Å²) in [5.74, 6) is 0. The van der Waals surface area contributed by atoms with Gasteiger partial charge in [0.2, 0.25) is 0 Å². The molecule has 0 aromatic heterocycles. The Morgan fingerprint density at radius 1 is 0.793 bits per heavy atom. The van der Waals surface area contributed by atoms with Gasteiger partial charge in [-0.15, -0.1) is 0 Å². The molecule has 0 spiro atoms. The average molecular weight is 399 g/mol. The molecule has 2 aromatic carbocycles. The second-order valence-electron chi connectivity index (χ2n) is 10.6. The van der Waals surface area contributed by atoms with Crippen molar-refractivity contribution in [2.24, 2.45) is 5.41 Å². The van der Waals surface area contributed by atoms with E-state index in [0.29, 0.717) is 11.1 Å². The number of hydrogen-bond donors (Lipinski definition) is 0. The molecule has 2 unspecified atom stereocenters. The first-order valence-corrected chi connectivity index (χ1v) is 14.0. The van der Waals surface area contributed by atoms with E-state index in [1.54, 1.807) is 16.7 Å². The normalized spacial score (nSPS) is 21.6. The molecule has 1 heteroatoms. The Labute approximate surface area is 178 Å². The predicted molar refractivity (Wildman–Crippen MR) is 131 cm³/mol. The van der Waals surface area contributed by atoms with Crippen LogP contribution in [0.4, 0.5) is 0 Å². The molecule has 150 valence electrons. The van der Waals surface area contributed by atoms with E-state index in [1.807, 2.05) is 0 Å². The van der Waals surface area contributed by atoms with Crippen molar-refractivity contribution in [3.05, 3.63) is 88.5 Å². The molecule has 2 aliphatic carbocycles. The minimum absolute atomic E-state index is 0.222. The minimum Gasteiger partial charge on any atom is -0.0763 e. The molecule has 2 atom stereocenters. The van der Waals surface area contributed by atoms with Crippen molar-refractivity contribution in [1.82, 2.24) is 0 Å². The van der Waals surface area contributed by atoms with Crippen molar-refractivity contribution >= 4 is 14.1 Å². The van der Waals surface area contributed by atoms with E-state index in [2.05, 4.69) is 114 Å². The van der Waals surface area contributed by atoms with Gasteiger partial charge in [0.15, 0.2) is 0 Å². The van der Waals surface area contributed by atoms with Crippen molar-refractivity contribution in [2.45, 2.75) is 58.8 Å². The summed E-state index contributed by atoms with van der Waals surface area (Å²) in [5, 5.41) is 0. The Hall–Kier alpha value is -2.12. The lowest BCUT2D eigenvalue weighted by Crippen LogP contribution is -2.39. The van der Waals surface area contributed by atoms with Crippen LogP contribution >= 0.6 is 0 Å². The highest BCUT2D eigenvalue weighted by Crippen LogP contribution is 2.53. The van der Waals surface area contributed by atoms with Gasteiger partial charge >= 0.3 is 0 Å². The van der Waals surface area contributed by atoms with Gasteiger partial charge in [0.05, 0.1) is 8.07 Å². The molecule has 0 nitrogen and oxygen atoms in total. The van der Waals surface area contributed by atoms with Crippen LogP contribution < -0.4 is 0 Å². The lowest BCUT2D eigenvalue weighted by atomic mass is 9.87. The van der Waals surface area contributed by atoms with Crippen LogP contribution in [0, 0.1) is 5.41 Å². The third-order valence-electron chi connectivity index (χ3n) is 6.99. The molecule has 0 fully saturated rings. The van der Waals surface area contributed by atoms with Crippen LogP contribution in [0.25, 0.3) is 17.2 Å². The Morgan fingerprint density at radius 3 is 2.10 bits per heavy atom. The number of hydrogen-bond acceptors (Lipinski definition) is 0. The third kappa shape index (κ3) is 3.40. The van der Waals surface area contributed by atoms with Gasteiger partial charge in [0.1, 0.15) is 0 Å². The highest BCUT2D eigenvalue weighted by Gasteiger charge is 2.45. The molecule has 0 amide bonds. The molecule has 0 heterocycles. The van der Waals surface area contributed by atoms with Crippen molar-refractivity contribution in [1.29, 1.82) is 0 Å². The van der Waals surface area contributed by atoms with Gasteiger partial charge < -0.3 is 0 Å².